The highest BCUT2D eigenvalue weighted by Crippen LogP contribution is 2.74. The lowest BCUT2D eigenvalue weighted by Gasteiger charge is -2.28. The molecular weight excluding hydrogens is 420 g/mol. The second-order valence-electron chi connectivity index (χ2n) is 7.54. The maximum Gasteiger partial charge on any atom is 0.230 e. The van der Waals surface area contributed by atoms with Crippen molar-refractivity contribution in [2.75, 3.05) is 11.9 Å². The van der Waals surface area contributed by atoms with Gasteiger partial charge in [-0.3, -0.25) is 14.4 Å². The average Bonchev–Trinajstić information content (AvgIpc) is 3.08. The molecule has 0 aromatic carbocycles. The molecular formula is C17H21BrN4O3S. The lowest BCUT2D eigenvalue weighted by molar-refractivity contribution is -0.134. The van der Waals surface area contributed by atoms with Crippen LogP contribution in [0.4, 0.5) is 5.13 Å². The van der Waals surface area contributed by atoms with Crippen LogP contribution in [0.1, 0.15) is 32.1 Å². The Balaban J connectivity index is 1.51. The second kappa shape index (κ2) is 6.60. The summed E-state index contributed by atoms with van der Waals surface area (Å²) in [6, 6.07) is 0. The number of nitrogens with zero attached hydrogens (tertiary/aromatic N) is 1. The van der Waals surface area contributed by atoms with Crippen LogP contribution in [0.15, 0.2) is 9.98 Å². The third-order valence-electron chi connectivity index (χ3n) is 6.33. The van der Waals surface area contributed by atoms with Gasteiger partial charge in [-0.25, -0.2) is 4.98 Å². The van der Waals surface area contributed by atoms with Crippen LogP contribution in [0.2, 0.25) is 0 Å². The van der Waals surface area contributed by atoms with Crippen LogP contribution in [-0.2, 0) is 14.4 Å². The van der Waals surface area contributed by atoms with Gasteiger partial charge in [0.05, 0.1) is 21.8 Å². The molecule has 0 unspecified atom stereocenters. The number of halogens is 1. The molecule has 3 aliphatic carbocycles. The first-order valence-corrected chi connectivity index (χ1v) is 10.5. The van der Waals surface area contributed by atoms with Crippen molar-refractivity contribution < 1.29 is 14.4 Å². The molecule has 0 radical (unpaired) electrons. The van der Waals surface area contributed by atoms with Crippen LogP contribution in [0.25, 0.3) is 0 Å². The van der Waals surface area contributed by atoms with E-state index in [1.54, 1.807) is 6.20 Å². The molecule has 1 aromatic rings. The summed E-state index contributed by atoms with van der Waals surface area (Å²) in [6.45, 7) is 0.225. The summed E-state index contributed by atoms with van der Waals surface area (Å²) in [4.78, 5) is 40.9. The highest BCUT2D eigenvalue weighted by molar-refractivity contribution is 9.11. The van der Waals surface area contributed by atoms with Crippen LogP contribution < -0.4 is 16.4 Å². The number of thiazole rings is 1. The van der Waals surface area contributed by atoms with Crippen molar-refractivity contribution in [2.24, 2.45) is 34.8 Å². The Morgan fingerprint density at radius 2 is 1.88 bits per heavy atom. The maximum atomic E-state index is 13.0. The Morgan fingerprint density at radius 1 is 1.23 bits per heavy atom. The SMILES string of the molecule is NC(=O)CCNC(=O)[C@H]1[C@H](C(=O)Nc2ncc(Br)s2)[C@@H]2CC[C@H]1C21CC1. The van der Waals surface area contributed by atoms with Gasteiger partial charge >= 0.3 is 0 Å². The van der Waals surface area contributed by atoms with E-state index in [2.05, 4.69) is 31.5 Å². The van der Waals surface area contributed by atoms with E-state index in [1.807, 2.05) is 0 Å². The van der Waals surface area contributed by atoms with E-state index in [0.717, 1.165) is 29.5 Å². The van der Waals surface area contributed by atoms with Crippen LogP contribution in [-0.4, -0.2) is 29.3 Å². The molecule has 9 heteroatoms. The largest absolute Gasteiger partial charge is 0.370 e. The Kier molecular flexibility index (Phi) is 4.54. The van der Waals surface area contributed by atoms with Gasteiger partial charge in [-0.15, -0.1) is 0 Å². The van der Waals surface area contributed by atoms with Crippen molar-refractivity contribution in [2.45, 2.75) is 32.1 Å². The molecule has 1 aromatic heterocycles. The van der Waals surface area contributed by atoms with Crippen LogP contribution in [0, 0.1) is 29.1 Å². The number of primary amides is 1. The first-order valence-electron chi connectivity index (χ1n) is 8.90. The number of hydrogen-bond acceptors (Lipinski definition) is 5. The van der Waals surface area contributed by atoms with Crippen molar-refractivity contribution >= 4 is 50.1 Å². The number of amides is 3. The molecule has 3 fully saturated rings. The van der Waals surface area contributed by atoms with Gasteiger partial charge in [0.15, 0.2) is 5.13 Å². The maximum absolute atomic E-state index is 13.0. The summed E-state index contributed by atoms with van der Waals surface area (Å²) in [5.41, 5.74) is 5.32. The van der Waals surface area contributed by atoms with Crippen molar-refractivity contribution in [3.05, 3.63) is 9.98 Å². The second-order valence-corrected chi connectivity index (χ2v) is 9.95. The summed E-state index contributed by atoms with van der Waals surface area (Å²) in [7, 11) is 0. The minimum absolute atomic E-state index is 0.111. The van der Waals surface area contributed by atoms with Gasteiger partial charge in [0.25, 0.3) is 0 Å². The first-order chi connectivity index (χ1) is 12.4. The standard InChI is InChI=1S/C17H21BrN4O3S/c18-10-7-21-16(26-10)22-15(25)13-9-2-1-8(17(9)4-5-17)12(13)14(24)20-6-3-11(19)23/h7-9,12-13H,1-6H2,(H2,19,23)(H,20,24)(H,21,22,25)/t8-,9+,12-,13-/m1/s1. The van der Waals surface area contributed by atoms with E-state index in [-0.39, 0.29) is 53.9 Å². The van der Waals surface area contributed by atoms with Gasteiger partial charge in [0.2, 0.25) is 17.7 Å². The summed E-state index contributed by atoms with van der Waals surface area (Å²) >= 11 is 4.70. The fourth-order valence-electron chi connectivity index (χ4n) is 5.29. The van der Waals surface area contributed by atoms with Crippen LogP contribution >= 0.6 is 27.3 Å². The molecule has 1 heterocycles. The summed E-state index contributed by atoms with van der Waals surface area (Å²) in [6.07, 6.45) is 6.00. The Bertz CT molecular complexity index is 763. The highest BCUT2D eigenvalue weighted by atomic mass is 79.9. The number of nitrogens with one attached hydrogen (secondary N) is 2. The summed E-state index contributed by atoms with van der Waals surface area (Å²) in [5.74, 6) is -0.797. The van der Waals surface area contributed by atoms with E-state index in [9.17, 15) is 14.4 Å². The number of aromatic nitrogens is 1. The molecule has 3 amide bonds. The fraction of sp³-hybridized carbons (Fsp3) is 0.647. The highest BCUT2D eigenvalue weighted by Gasteiger charge is 2.71. The number of carbonyl (C=O) groups excluding carboxylic acids is 3. The molecule has 140 valence electrons. The van der Waals surface area contributed by atoms with Gasteiger partial charge in [-0.2, -0.15) is 0 Å². The monoisotopic (exact) mass is 440 g/mol. The predicted molar refractivity (Wildman–Crippen MR) is 100 cm³/mol. The van der Waals surface area contributed by atoms with E-state index in [0.29, 0.717) is 5.13 Å². The molecule has 4 atom stereocenters. The van der Waals surface area contributed by atoms with Crippen molar-refractivity contribution in [3.8, 4) is 0 Å². The van der Waals surface area contributed by atoms with Crippen molar-refractivity contribution in [1.82, 2.24) is 10.3 Å². The quantitative estimate of drug-likeness (QED) is 0.626. The molecule has 7 nitrogen and oxygen atoms in total. The normalized spacial score (nSPS) is 30.3. The van der Waals surface area contributed by atoms with Gasteiger partial charge in [-0.1, -0.05) is 11.3 Å². The van der Waals surface area contributed by atoms with E-state index in [1.165, 1.54) is 11.3 Å². The van der Waals surface area contributed by atoms with Gasteiger partial charge in [-0.05, 0) is 58.9 Å². The Hall–Kier alpha value is -1.48. The molecule has 0 saturated heterocycles. The van der Waals surface area contributed by atoms with Gasteiger partial charge < -0.3 is 16.4 Å². The molecule has 4 rings (SSSR count). The zero-order valence-corrected chi connectivity index (χ0v) is 16.6. The van der Waals surface area contributed by atoms with Crippen LogP contribution in [0.5, 0.6) is 0 Å². The molecule has 26 heavy (non-hydrogen) atoms. The number of hydrogen-bond donors (Lipinski definition) is 3. The number of nitrogens with two attached hydrogens (primary N) is 1. The van der Waals surface area contributed by atoms with E-state index in [4.69, 9.17) is 5.73 Å². The number of anilines is 1. The lowest BCUT2D eigenvalue weighted by Crippen LogP contribution is -2.43. The Morgan fingerprint density at radius 3 is 2.42 bits per heavy atom. The molecule has 3 aliphatic rings. The van der Waals surface area contributed by atoms with Crippen molar-refractivity contribution in [3.63, 3.8) is 0 Å². The smallest absolute Gasteiger partial charge is 0.230 e. The molecule has 0 aliphatic heterocycles. The van der Waals surface area contributed by atoms with E-state index < -0.39 is 5.91 Å². The zero-order valence-electron chi connectivity index (χ0n) is 14.2. The van der Waals surface area contributed by atoms with Gasteiger partial charge in [0, 0.05) is 13.0 Å². The molecule has 1 spiro atoms. The molecule has 4 N–H and O–H groups in total. The summed E-state index contributed by atoms with van der Waals surface area (Å²) < 4.78 is 0.847. The molecule has 3 saturated carbocycles. The summed E-state index contributed by atoms with van der Waals surface area (Å²) in [5, 5.41) is 6.26. The molecule has 2 bridgehead atoms. The predicted octanol–water partition coefficient (Wildman–Crippen LogP) is 1.89. The minimum Gasteiger partial charge on any atom is -0.370 e. The first kappa shape index (κ1) is 17.9. The van der Waals surface area contributed by atoms with Crippen LogP contribution in [0.3, 0.4) is 0 Å². The van der Waals surface area contributed by atoms with E-state index >= 15 is 0 Å². The topological polar surface area (TPSA) is 114 Å². The van der Waals surface area contributed by atoms with Gasteiger partial charge in [0.1, 0.15) is 0 Å². The Labute approximate surface area is 163 Å². The third-order valence-corrected chi connectivity index (χ3v) is 7.72. The lowest BCUT2D eigenvalue weighted by atomic mass is 9.78. The number of carbonyl (C=O) groups is 3. The zero-order chi connectivity index (χ0) is 18.5. The average molecular weight is 441 g/mol. The minimum atomic E-state index is -0.444. The third kappa shape index (κ3) is 2.94. The number of rotatable bonds is 6. The fourth-order valence-corrected chi connectivity index (χ4v) is 6.40. The van der Waals surface area contributed by atoms with Crippen molar-refractivity contribution in [1.29, 1.82) is 0 Å².